The Kier molecular flexibility index (Phi) is 6.25. The fourth-order valence-electron chi connectivity index (χ4n) is 2.90. The number of nitriles is 1. The van der Waals surface area contributed by atoms with Gasteiger partial charge < -0.3 is 5.41 Å². The number of carbonyl (C=O) groups excluding carboxylic acids is 1. The van der Waals surface area contributed by atoms with Crippen LogP contribution in [0.3, 0.4) is 0 Å². The molecular weight excluding hydrogens is 384 g/mol. The first kappa shape index (κ1) is 20.5. The first-order valence-electron chi connectivity index (χ1n) is 9.06. The number of aryl methyl sites for hydroxylation is 1. The van der Waals surface area contributed by atoms with Gasteiger partial charge in [0.15, 0.2) is 10.9 Å². The molecule has 1 N–H and O–H groups in total. The summed E-state index contributed by atoms with van der Waals surface area (Å²) >= 11 is 1.12. The van der Waals surface area contributed by atoms with Crippen LogP contribution in [0.4, 0.5) is 0 Å². The number of aromatic nitrogens is 2. The van der Waals surface area contributed by atoms with Crippen molar-refractivity contribution in [1.82, 2.24) is 9.55 Å². The van der Waals surface area contributed by atoms with E-state index in [4.69, 9.17) is 10.7 Å². The zero-order valence-electron chi connectivity index (χ0n) is 16.2. The van der Waals surface area contributed by atoms with Crippen molar-refractivity contribution < 1.29 is 4.79 Å². The second kappa shape index (κ2) is 8.84. The highest BCUT2D eigenvalue weighted by molar-refractivity contribution is 7.99. The molecule has 7 heteroatoms. The van der Waals surface area contributed by atoms with Gasteiger partial charge in [0.25, 0.3) is 5.56 Å². The molecule has 6 nitrogen and oxygen atoms in total. The van der Waals surface area contributed by atoms with Gasteiger partial charge in [-0.25, -0.2) is 4.98 Å². The van der Waals surface area contributed by atoms with Gasteiger partial charge in [-0.3, -0.25) is 14.2 Å². The van der Waals surface area contributed by atoms with Gasteiger partial charge >= 0.3 is 0 Å². The summed E-state index contributed by atoms with van der Waals surface area (Å²) in [6, 6.07) is 16.8. The van der Waals surface area contributed by atoms with Gasteiger partial charge in [0.2, 0.25) is 0 Å². The predicted octanol–water partition coefficient (Wildman–Crippen LogP) is 3.59. The molecule has 146 valence electrons. The number of hydrogen-bond donors (Lipinski definition) is 1. The van der Waals surface area contributed by atoms with E-state index in [1.54, 1.807) is 22.8 Å². The maximum absolute atomic E-state index is 13.1. The number of thioether (sulfide) groups is 1. The van der Waals surface area contributed by atoms with E-state index in [2.05, 4.69) is 4.98 Å². The molecule has 0 aliphatic heterocycles. The minimum Gasteiger partial charge on any atom is -0.308 e. The summed E-state index contributed by atoms with van der Waals surface area (Å²) in [6.07, 6.45) is 0. The minimum absolute atomic E-state index is 0.0154. The van der Waals surface area contributed by atoms with E-state index >= 15 is 0 Å². The lowest BCUT2D eigenvalue weighted by Gasteiger charge is -2.14. The number of Topliss-reactive ketones (excluding diaryl/α,β-unsaturated/α-hetero) is 1. The predicted molar refractivity (Wildman–Crippen MR) is 115 cm³/mol. The van der Waals surface area contributed by atoms with E-state index < -0.39 is 5.92 Å². The monoisotopic (exact) mass is 404 g/mol. The molecule has 3 rings (SSSR count). The fraction of sp³-hybridized carbons (Fsp3) is 0.227. The molecule has 29 heavy (non-hydrogen) atoms. The van der Waals surface area contributed by atoms with Gasteiger partial charge in [-0.1, -0.05) is 53.7 Å². The van der Waals surface area contributed by atoms with Crippen LogP contribution in [0.25, 0.3) is 10.9 Å². The summed E-state index contributed by atoms with van der Waals surface area (Å²) in [7, 11) is 0. The van der Waals surface area contributed by atoms with Crippen LogP contribution < -0.4 is 5.56 Å². The zero-order chi connectivity index (χ0) is 21.0. The number of ketones is 1. The topological polar surface area (TPSA) is 99.6 Å². The Balaban J connectivity index is 1.99. The molecular formula is C22H20N4O2S. The maximum Gasteiger partial charge on any atom is 0.262 e. The van der Waals surface area contributed by atoms with Crippen LogP contribution in [0.1, 0.15) is 18.1 Å². The molecule has 0 unspecified atom stereocenters. The summed E-state index contributed by atoms with van der Waals surface area (Å²) in [5.74, 6) is -1.47. The zero-order valence-corrected chi connectivity index (χ0v) is 17.0. The molecule has 1 aromatic heterocycles. The van der Waals surface area contributed by atoms with Crippen molar-refractivity contribution >= 4 is 34.2 Å². The number of benzene rings is 2. The second-order valence-corrected chi connectivity index (χ2v) is 7.73. The summed E-state index contributed by atoms with van der Waals surface area (Å²) in [4.78, 5) is 30.0. The molecule has 0 fully saturated rings. The molecule has 0 spiro atoms. The molecule has 1 atom stereocenters. The van der Waals surface area contributed by atoms with E-state index in [0.717, 1.165) is 22.9 Å². The Morgan fingerprint density at radius 1 is 1.24 bits per heavy atom. The average Bonchev–Trinajstić information content (AvgIpc) is 2.70. The molecule has 0 saturated heterocycles. The van der Waals surface area contributed by atoms with Crippen LogP contribution in [0.5, 0.6) is 0 Å². The fourth-order valence-corrected chi connectivity index (χ4v) is 3.81. The number of carbonyl (C=O) groups is 1. The van der Waals surface area contributed by atoms with Crippen molar-refractivity contribution in [3.8, 4) is 6.07 Å². The third-order valence-electron chi connectivity index (χ3n) is 4.52. The third-order valence-corrected chi connectivity index (χ3v) is 5.51. The van der Waals surface area contributed by atoms with E-state index in [0.29, 0.717) is 22.6 Å². The molecule has 2 aromatic carbocycles. The van der Waals surface area contributed by atoms with E-state index in [1.165, 1.54) is 6.92 Å². The summed E-state index contributed by atoms with van der Waals surface area (Å²) in [5, 5.41) is 17.7. The van der Waals surface area contributed by atoms with Crippen molar-refractivity contribution in [1.29, 1.82) is 10.7 Å². The van der Waals surface area contributed by atoms with Crippen LogP contribution in [0.15, 0.2) is 58.5 Å². The Morgan fingerprint density at radius 3 is 2.59 bits per heavy atom. The number of para-hydroxylation sites is 1. The molecule has 1 heterocycles. The van der Waals surface area contributed by atoms with Gasteiger partial charge in [0.1, 0.15) is 5.92 Å². The first-order valence-corrected chi connectivity index (χ1v) is 10.0. The smallest absolute Gasteiger partial charge is 0.262 e. The molecule has 3 aromatic rings. The lowest BCUT2D eigenvalue weighted by atomic mass is 10.0. The number of nitrogens with zero attached hydrogens (tertiary/aromatic N) is 3. The SMILES string of the molecule is CC(=N)[C@@H](C#N)C(=O)CSc1nc2ccccc2c(=O)n1Cc1ccc(C)cc1. The molecule has 0 aliphatic rings. The molecule has 0 saturated carbocycles. The van der Waals surface area contributed by atoms with E-state index in [1.807, 2.05) is 43.3 Å². The Hall–Kier alpha value is -3.24. The lowest BCUT2D eigenvalue weighted by Crippen LogP contribution is -2.25. The minimum atomic E-state index is -1.07. The Morgan fingerprint density at radius 2 is 1.93 bits per heavy atom. The molecule has 0 aliphatic carbocycles. The van der Waals surface area contributed by atoms with E-state index in [-0.39, 0.29) is 22.8 Å². The lowest BCUT2D eigenvalue weighted by molar-refractivity contribution is -0.117. The third kappa shape index (κ3) is 4.61. The summed E-state index contributed by atoms with van der Waals surface area (Å²) < 4.78 is 1.56. The van der Waals surface area contributed by atoms with Crippen LogP contribution in [-0.4, -0.2) is 26.8 Å². The molecule has 0 amide bonds. The normalized spacial score (nSPS) is 11.8. The standard InChI is InChI=1S/C22H20N4O2S/c1-14-7-9-16(10-8-14)12-26-21(28)17-5-3-4-6-19(17)25-22(26)29-13-20(27)18(11-23)15(2)24/h3-10,18,24H,12-13H2,1-2H3/t18-/m1/s1. The molecule has 0 bridgehead atoms. The van der Waals surface area contributed by atoms with Crippen molar-refractivity contribution in [2.24, 2.45) is 5.92 Å². The highest BCUT2D eigenvalue weighted by Gasteiger charge is 2.21. The van der Waals surface area contributed by atoms with Crippen LogP contribution in [0, 0.1) is 29.6 Å². The Bertz CT molecular complexity index is 1180. The maximum atomic E-state index is 13.1. The highest BCUT2D eigenvalue weighted by Crippen LogP contribution is 2.20. The van der Waals surface area contributed by atoms with Crippen molar-refractivity contribution in [3.05, 3.63) is 70.0 Å². The average molecular weight is 404 g/mol. The van der Waals surface area contributed by atoms with Crippen LogP contribution in [-0.2, 0) is 11.3 Å². The summed E-state index contributed by atoms with van der Waals surface area (Å²) in [6.45, 7) is 3.77. The van der Waals surface area contributed by atoms with Gasteiger partial charge in [-0.15, -0.1) is 0 Å². The largest absolute Gasteiger partial charge is 0.308 e. The number of nitrogens with one attached hydrogen (secondary N) is 1. The number of rotatable bonds is 7. The second-order valence-electron chi connectivity index (χ2n) is 6.79. The first-order chi connectivity index (χ1) is 13.9. The molecule has 0 radical (unpaired) electrons. The van der Waals surface area contributed by atoms with Gasteiger partial charge in [-0.2, -0.15) is 5.26 Å². The quantitative estimate of drug-likeness (QED) is 0.368. The van der Waals surface area contributed by atoms with Crippen molar-refractivity contribution in [2.45, 2.75) is 25.5 Å². The number of hydrogen-bond acceptors (Lipinski definition) is 6. The van der Waals surface area contributed by atoms with Crippen molar-refractivity contribution in [2.75, 3.05) is 5.75 Å². The van der Waals surface area contributed by atoms with Crippen molar-refractivity contribution in [3.63, 3.8) is 0 Å². The Labute approximate surface area is 172 Å². The summed E-state index contributed by atoms with van der Waals surface area (Å²) in [5.41, 5.74) is 2.48. The van der Waals surface area contributed by atoms with Crippen LogP contribution in [0.2, 0.25) is 0 Å². The van der Waals surface area contributed by atoms with Gasteiger partial charge in [0, 0.05) is 5.71 Å². The number of fused-ring (bicyclic) bond motifs is 1. The van der Waals surface area contributed by atoms with Crippen LogP contribution >= 0.6 is 11.8 Å². The van der Waals surface area contributed by atoms with Gasteiger partial charge in [0.05, 0.1) is 29.3 Å². The van der Waals surface area contributed by atoms with Gasteiger partial charge in [-0.05, 0) is 31.5 Å². The highest BCUT2D eigenvalue weighted by atomic mass is 32.2. The van der Waals surface area contributed by atoms with E-state index in [9.17, 15) is 9.59 Å².